The summed E-state index contributed by atoms with van der Waals surface area (Å²) in [5.41, 5.74) is 1.34. The van der Waals surface area contributed by atoms with E-state index < -0.39 is 0 Å². The van der Waals surface area contributed by atoms with Gasteiger partial charge in [0.05, 0.1) is 12.8 Å². The highest BCUT2D eigenvalue weighted by atomic mass is 16.3. The first-order valence-electron chi connectivity index (χ1n) is 5.38. The largest absolute Gasteiger partial charge is 0.468 e. The van der Waals surface area contributed by atoms with Gasteiger partial charge in [-0.25, -0.2) is 0 Å². The molecule has 0 saturated heterocycles. The molecule has 2 heteroatoms. The van der Waals surface area contributed by atoms with Gasteiger partial charge in [0, 0.05) is 6.04 Å². The highest BCUT2D eigenvalue weighted by Gasteiger charge is 2.07. The molecule has 0 saturated carbocycles. The monoisotopic (exact) mass is 195 g/mol. The van der Waals surface area contributed by atoms with Crippen molar-refractivity contribution < 1.29 is 4.42 Å². The van der Waals surface area contributed by atoms with Crippen molar-refractivity contribution in [3.05, 3.63) is 23.7 Å². The van der Waals surface area contributed by atoms with Gasteiger partial charge in [-0.3, -0.25) is 0 Å². The van der Waals surface area contributed by atoms with Crippen LogP contribution in [0.3, 0.4) is 0 Å². The lowest BCUT2D eigenvalue weighted by atomic mass is 10.0. The quantitative estimate of drug-likeness (QED) is 0.781. The van der Waals surface area contributed by atoms with Gasteiger partial charge in [0.25, 0.3) is 0 Å². The maximum Gasteiger partial charge on any atom is 0.120 e. The number of rotatable bonds is 5. The molecule has 1 heterocycles. The van der Waals surface area contributed by atoms with E-state index in [1.165, 1.54) is 5.56 Å². The maximum absolute atomic E-state index is 5.45. The highest BCUT2D eigenvalue weighted by molar-refractivity contribution is 5.17. The molecule has 0 aromatic carbocycles. The standard InChI is InChI=1S/C12H21NO/c1-9(2)7-11-5-6-14-12(11)8-13-10(3)4/h5-6,9-10,13H,7-8H2,1-4H3. The topological polar surface area (TPSA) is 25.2 Å². The summed E-state index contributed by atoms with van der Waals surface area (Å²) in [5.74, 6) is 1.78. The summed E-state index contributed by atoms with van der Waals surface area (Å²) >= 11 is 0. The maximum atomic E-state index is 5.45. The second-order valence-corrected chi connectivity index (χ2v) is 4.50. The van der Waals surface area contributed by atoms with Crippen LogP contribution in [0.25, 0.3) is 0 Å². The first kappa shape index (κ1) is 11.3. The van der Waals surface area contributed by atoms with Crippen LogP contribution in [0.4, 0.5) is 0 Å². The number of furan rings is 1. The predicted molar refractivity (Wildman–Crippen MR) is 59.2 cm³/mol. The summed E-state index contributed by atoms with van der Waals surface area (Å²) < 4.78 is 5.45. The number of nitrogens with one attached hydrogen (secondary N) is 1. The molecule has 1 aromatic heterocycles. The SMILES string of the molecule is CC(C)Cc1ccoc1CNC(C)C. The van der Waals surface area contributed by atoms with E-state index in [1.54, 1.807) is 6.26 Å². The van der Waals surface area contributed by atoms with E-state index in [9.17, 15) is 0 Å². The third kappa shape index (κ3) is 3.54. The fourth-order valence-corrected chi connectivity index (χ4v) is 1.44. The summed E-state index contributed by atoms with van der Waals surface area (Å²) in [6, 6.07) is 2.59. The van der Waals surface area contributed by atoms with Crippen LogP contribution in [-0.4, -0.2) is 6.04 Å². The Labute approximate surface area is 86.7 Å². The van der Waals surface area contributed by atoms with Crippen molar-refractivity contribution in [2.24, 2.45) is 5.92 Å². The molecule has 2 nitrogen and oxygen atoms in total. The van der Waals surface area contributed by atoms with Crippen LogP contribution < -0.4 is 5.32 Å². The van der Waals surface area contributed by atoms with E-state index in [0.717, 1.165) is 18.7 Å². The Morgan fingerprint density at radius 3 is 2.57 bits per heavy atom. The Hall–Kier alpha value is -0.760. The minimum absolute atomic E-state index is 0.506. The molecule has 0 unspecified atom stereocenters. The lowest BCUT2D eigenvalue weighted by Gasteiger charge is -2.08. The molecule has 0 spiro atoms. The Morgan fingerprint density at radius 2 is 2.00 bits per heavy atom. The Bertz CT molecular complexity index is 263. The molecule has 0 aliphatic carbocycles. The number of hydrogen-bond donors (Lipinski definition) is 1. The zero-order valence-electron chi connectivity index (χ0n) is 9.63. The van der Waals surface area contributed by atoms with Gasteiger partial charge in [0.15, 0.2) is 0 Å². The third-order valence-electron chi connectivity index (χ3n) is 2.14. The molecule has 0 bridgehead atoms. The van der Waals surface area contributed by atoms with E-state index in [0.29, 0.717) is 12.0 Å². The second kappa shape index (κ2) is 5.20. The fraction of sp³-hybridized carbons (Fsp3) is 0.667. The van der Waals surface area contributed by atoms with Crippen molar-refractivity contribution in [3.8, 4) is 0 Å². The van der Waals surface area contributed by atoms with Crippen LogP contribution in [0.1, 0.15) is 39.0 Å². The minimum Gasteiger partial charge on any atom is -0.468 e. The molecule has 0 aliphatic heterocycles. The molecular formula is C12H21NO. The lowest BCUT2D eigenvalue weighted by Crippen LogP contribution is -2.22. The lowest BCUT2D eigenvalue weighted by molar-refractivity contribution is 0.457. The smallest absolute Gasteiger partial charge is 0.120 e. The Balaban J connectivity index is 2.53. The van der Waals surface area contributed by atoms with Gasteiger partial charge in [0.1, 0.15) is 5.76 Å². The first-order valence-corrected chi connectivity index (χ1v) is 5.38. The molecule has 1 N–H and O–H groups in total. The van der Waals surface area contributed by atoms with Crippen LogP contribution in [0.15, 0.2) is 16.7 Å². The van der Waals surface area contributed by atoms with E-state index in [2.05, 4.69) is 39.1 Å². The Kier molecular flexibility index (Phi) is 4.21. The summed E-state index contributed by atoms with van der Waals surface area (Å²) in [5, 5.41) is 3.37. The van der Waals surface area contributed by atoms with Crippen molar-refractivity contribution in [2.75, 3.05) is 0 Å². The highest BCUT2D eigenvalue weighted by Crippen LogP contribution is 2.15. The van der Waals surface area contributed by atoms with Gasteiger partial charge < -0.3 is 9.73 Å². The molecule has 1 rings (SSSR count). The van der Waals surface area contributed by atoms with E-state index in [1.807, 2.05) is 0 Å². The second-order valence-electron chi connectivity index (χ2n) is 4.50. The van der Waals surface area contributed by atoms with Crippen molar-refractivity contribution in [3.63, 3.8) is 0 Å². The number of hydrogen-bond acceptors (Lipinski definition) is 2. The van der Waals surface area contributed by atoms with E-state index in [-0.39, 0.29) is 0 Å². The van der Waals surface area contributed by atoms with E-state index >= 15 is 0 Å². The molecule has 14 heavy (non-hydrogen) atoms. The average molecular weight is 195 g/mol. The summed E-state index contributed by atoms with van der Waals surface area (Å²) in [6.45, 7) is 9.59. The molecule has 0 radical (unpaired) electrons. The third-order valence-corrected chi connectivity index (χ3v) is 2.14. The average Bonchev–Trinajstić information content (AvgIpc) is 2.47. The van der Waals surface area contributed by atoms with Gasteiger partial charge in [-0.15, -0.1) is 0 Å². The molecule has 0 fully saturated rings. The summed E-state index contributed by atoms with van der Waals surface area (Å²) in [4.78, 5) is 0. The van der Waals surface area contributed by atoms with Crippen LogP contribution in [0.5, 0.6) is 0 Å². The van der Waals surface area contributed by atoms with Gasteiger partial charge in [0.2, 0.25) is 0 Å². The van der Waals surface area contributed by atoms with Crippen molar-refractivity contribution in [1.29, 1.82) is 0 Å². The van der Waals surface area contributed by atoms with Gasteiger partial charge in [-0.1, -0.05) is 27.7 Å². The van der Waals surface area contributed by atoms with Crippen LogP contribution in [0.2, 0.25) is 0 Å². The van der Waals surface area contributed by atoms with Crippen molar-refractivity contribution >= 4 is 0 Å². The molecule has 1 aromatic rings. The first-order chi connectivity index (χ1) is 6.59. The van der Waals surface area contributed by atoms with Crippen LogP contribution >= 0.6 is 0 Å². The van der Waals surface area contributed by atoms with Crippen molar-refractivity contribution in [1.82, 2.24) is 5.32 Å². The normalized spacial score (nSPS) is 11.6. The van der Waals surface area contributed by atoms with Crippen LogP contribution in [0, 0.1) is 5.92 Å². The summed E-state index contributed by atoms with van der Waals surface area (Å²) in [7, 11) is 0. The van der Waals surface area contributed by atoms with Gasteiger partial charge in [-0.2, -0.15) is 0 Å². The summed E-state index contributed by atoms with van der Waals surface area (Å²) in [6.07, 6.45) is 2.89. The zero-order chi connectivity index (χ0) is 10.6. The fourth-order valence-electron chi connectivity index (χ4n) is 1.44. The molecule has 0 aliphatic rings. The van der Waals surface area contributed by atoms with Crippen LogP contribution in [-0.2, 0) is 13.0 Å². The minimum atomic E-state index is 0.506. The van der Waals surface area contributed by atoms with E-state index in [4.69, 9.17) is 4.42 Å². The predicted octanol–water partition coefficient (Wildman–Crippen LogP) is 2.98. The zero-order valence-corrected chi connectivity index (χ0v) is 9.63. The molecule has 80 valence electrons. The van der Waals surface area contributed by atoms with Gasteiger partial charge >= 0.3 is 0 Å². The van der Waals surface area contributed by atoms with Crippen molar-refractivity contribution in [2.45, 2.75) is 46.7 Å². The van der Waals surface area contributed by atoms with Gasteiger partial charge in [-0.05, 0) is 24.0 Å². The molecular weight excluding hydrogens is 174 g/mol. The molecule has 0 amide bonds. The molecule has 0 atom stereocenters. The Morgan fingerprint density at radius 1 is 1.29 bits per heavy atom.